The lowest BCUT2D eigenvalue weighted by molar-refractivity contribution is -0.132. The highest BCUT2D eigenvalue weighted by atomic mass is 19.1. The number of rotatable bonds is 6. The van der Waals surface area contributed by atoms with E-state index in [-0.39, 0.29) is 17.5 Å². The molecule has 1 fully saturated rings. The summed E-state index contributed by atoms with van der Waals surface area (Å²) in [4.78, 5) is 30.2. The molecule has 1 aromatic carbocycles. The van der Waals surface area contributed by atoms with Gasteiger partial charge in [-0.1, -0.05) is 0 Å². The fourth-order valence-corrected chi connectivity index (χ4v) is 2.81. The molecule has 0 spiro atoms. The van der Waals surface area contributed by atoms with Crippen LogP contribution in [0.1, 0.15) is 12.0 Å². The van der Waals surface area contributed by atoms with Crippen molar-refractivity contribution in [3.8, 4) is 0 Å². The Labute approximate surface area is 150 Å². The van der Waals surface area contributed by atoms with Crippen LogP contribution in [0.3, 0.4) is 0 Å². The summed E-state index contributed by atoms with van der Waals surface area (Å²) < 4.78 is 26.5. The van der Waals surface area contributed by atoms with Crippen molar-refractivity contribution in [2.75, 3.05) is 18.9 Å². The molecule has 7 heteroatoms. The molecule has 136 valence electrons. The fourth-order valence-electron chi connectivity index (χ4n) is 2.81. The van der Waals surface area contributed by atoms with E-state index < -0.39 is 23.5 Å². The number of likely N-dealkylation sites (N-methyl/N-ethyl adjacent to an activating group) is 1. The smallest absolute Gasteiger partial charge is 0.228 e. The number of anilines is 1. The number of pyridine rings is 1. The standard InChI is InChI=1S/C19H19F2N3O2/c1-24(9-6-12-4-7-22-8-5-12)19(26)15-11-14(15)18(25)23-17-3-2-13(20)10-16(17)21/h2-5,7-8,10,14-15H,6,9,11H2,1H3,(H,23,25). The molecular formula is C19H19F2N3O2. The van der Waals surface area contributed by atoms with Crippen molar-refractivity contribution in [2.24, 2.45) is 11.8 Å². The maximum Gasteiger partial charge on any atom is 0.228 e. The summed E-state index contributed by atoms with van der Waals surface area (Å²) in [6.45, 7) is 0.542. The molecule has 2 unspecified atom stereocenters. The lowest BCUT2D eigenvalue weighted by atomic mass is 10.2. The SMILES string of the molecule is CN(CCc1ccncc1)C(=O)C1CC1C(=O)Nc1ccc(F)cc1F. The quantitative estimate of drug-likeness (QED) is 0.862. The Bertz CT molecular complexity index is 814. The summed E-state index contributed by atoms with van der Waals surface area (Å²) >= 11 is 0. The second-order valence-electron chi connectivity index (χ2n) is 6.43. The lowest BCUT2D eigenvalue weighted by Gasteiger charge is -2.17. The van der Waals surface area contributed by atoms with E-state index in [0.717, 1.165) is 11.6 Å². The third-order valence-corrected chi connectivity index (χ3v) is 4.49. The number of amides is 2. The highest BCUT2D eigenvalue weighted by Crippen LogP contribution is 2.40. The van der Waals surface area contributed by atoms with Crippen LogP contribution in [0.15, 0.2) is 42.7 Å². The molecule has 0 aliphatic heterocycles. The topological polar surface area (TPSA) is 62.3 Å². The van der Waals surface area contributed by atoms with Gasteiger partial charge in [0.25, 0.3) is 0 Å². The van der Waals surface area contributed by atoms with Gasteiger partial charge < -0.3 is 10.2 Å². The van der Waals surface area contributed by atoms with Crippen molar-refractivity contribution in [3.05, 3.63) is 59.9 Å². The van der Waals surface area contributed by atoms with Gasteiger partial charge in [-0.2, -0.15) is 0 Å². The number of carbonyl (C=O) groups excluding carboxylic acids is 2. The van der Waals surface area contributed by atoms with Crippen LogP contribution in [-0.4, -0.2) is 35.3 Å². The molecule has 1 aromatic heterocycles. The molecule has 26 heavy (non-hydrogen) atoms. The predicted molar refractivity (Wildman–Crippen MR) is 92.2 cm³/mol. The largest absolute Gasteiger partial charge is 0.345 e. The molecular weight excluding hydrogens is 340 g/mol. The van der Waals surface area contributed by atoms with Gasteiger partial charge >= 0.3 is 0 Å². The summed E-state index contributed by atoms with van der Waals surface area (Å²) in [6.07, 6.45) is 4.54. The summed E-state index contributed by atoms with van der Waals surface area (Å²) in [7, 11) is 1.70. The molecule has 2 atom stereocenters. The van der Waals surface area contributed by atoms with Crippen molar-refractivity contribution in [3.63, 3.8) is 0 Å². The van der Waals surface area contributed by atoms with Crippen molar-refractivity contribution < 1.29 is 18.4 Å². The van der Waals surface area contributed by atoms with Crippen LogP contribution in [0, 0.1) is 23.5 Å². The second kappa shape index (κ2) is 7.59. The normalized spacial score (nSPS) is 18.3. The van der Waals surface area contributed by atoms with E-state index in [0.29, 0.717) is 25.5 Å². The Kier molecular flexibility index (Phi) is 5.25. The molecule has 1 N–H and O–H groups in total. The third-order valence-electron chi connectivity index (χ3n) is 4.49. The number of benzene rings is 1. The van der Waals surface area contributed by atoms with Gasteiger partial charge in [0.2, 0.25) is 11.8 Å². The van der Waals surface area contributed by atoms with Crippen LogP contribution in [0.4, 0.5) is 14.5 Å². The minimum absolute atomic E-state index is 0.0828. The highest BCUT2D eigenvalue weighted by Gasteiger charge is 2.49. The van der Waals surface area contributed by atoms with Crippen molar-refractivity contribution in [1.29, 1.82) is 0 Å². The van der Waals surface area contributed by atoms with Crippen LogP contribution in [0.2, 0.25) is 0 Å². The first kappa shape index (κ1) is 18.0. The average Bonchev–Trinajstić information content (AvgIpc) is 3.43. The molecule has 3 rings (SSSR count). The number of nitrogens with one attached hydrogen (secondary N) is 1. The zero-order valence-electron chi connectivity index (χ0n) is 14.3. The third kappa shape index (κ3) is 4.22. The Morgan fingerprint density at radius 3 is 2.62 bits per heavy atom. The van der Waals surface area contributed by atoms with E-state index in [1.165, 1.54) is 6.07 Å². The minimum Gasteiger partial charge on any atom is -0.345 e. The van der Waals surface area contributed by atoms with Crippen molar-refractivity contribution >= 4 is 17.5 Å². The van der Waals surface area contributed by atoms with Gasteiger partial charge in [0.1, 0.15) is 11.6 Å². The molecule has 1 heterocycles. The molecule has 2 amide bonds. The van der Waals surface area contributed by atoms with Gasteiger partial charge in [-0.3, -0.25) is 14.6 Å². The summed E-state index contributed by atoms with van der Waals surface area (Å²) in [5.74, 6) is -2.93. The van der Waals surface area contributed by atoms with E-state index in [1.807, 2.05) is 12.1 Å². The Balaban J connectivity index is 1.50. The number of hydrogen-bond donors (Lipinski definition) is 1. The maximum atomic E-state index is 13.6. The Morgan fingerprint density at radius 1 is 1.19 bits per heavy atom. The summed E-state index contributed by atoms with van der Waals surface area (Å²) in [6, 6.07) is 6.73. The number of aromatic nitrogens is 1. The minimum atomic E-state index is -0.837. The highest BCUT2D eigenvalue weighted by molar-refractivity contribution is 5.99. The monoisotopic (exact) mass is 359 g/mol. The Hall–Kier alpha value is -2.83. The summed E-state index contributed by atoms with van der Waals surface area (Å²) in [5.41, 5.74) is 0.997. The molecule has 1 saturated carbocycles. The predicted octanol–water partition coefficient (Wildman–Crippen LogP) is 2.64. The molecule has 2 aromatic rings. The first-order valence-corrected chi connectivity index (χ1v) is 8.35. The van der Waals surface area contributed by atoms with Crippen LogP contribution >= 0.6 is 0 Å². The molecule has 1 aliphatic carbocycles. The number of hydrogen-bond acceptors (Lipinski definition) is 3. The summed E-state index contributed by atoms with van der Waals surface area (Å²) in [5, 5.41) is 2.42. The zero-order valence-corrected chi connectivity index (χ0v) is 14.3. The van der Waals surface area contributed by atoms with E-state index in [9.17, 15) is 18.4 Å². The van der Waals surface area contributed by atoms with E-state index in [1.54, 1.807) is 24.3 Å². The van der Waals surface area contributed by atoms with Gasteiger partial charge in [-0.15, -0.1) is 0 Å². The molecule has 0 saturated heterocycles. The van der Waals surface area contributed by atoms with Crippen LogP contribution in [-0.2, 0) is 16.0 Å². The first-order chi connectivity index (χ1) is 12.5. The molecule has 5 nitrogen and oxygen atoms in total. The molecule has 0 radical (unpaired) electrons. The first-order valence-electron chi connectivity index (χ1n) is 8.35. The van der Waals surface area contributed by atoms with Gasteiger partial charge in [-0.05, 0) is 42.7 Å². The zero-order chi connectivity index (χ0) is 18.7. The van der Waals surface area contributed by atoms with Gasteiger partial charge in [0.05, 0.1) is 17.5 Å². The van der Waals surface area contributed by atoms with Gasteiger partial charge in [0.15, 0.2) is 0 Å². The molecule has 0 bridgehead atoms. The van der Waals surface area contributed by atoms with E-state index in [4.69, 9.17) is 0 Å². The number of halogens is 2. The second-order valence-corrected chi connectivity index (χ2v) is 6.43. The van der Waals surface area contributed by atoms with Crippen LogP contribution in [0.25, 0.3) is 0 Å². The van der Waals surface area contributed by atoms with Gasteiger partial charge in [0, 0.05) is 32.1 Å². The van der Waals surface area contributed by atoms with Crippen molar-refractivity contribution in [2.45, 2.75) is 12.8 Å². The fraction of sp³-hybridized carbons (Fsp3) is 0.316. The maximum absolute atomic E-state index is 13.6. The number of nitrogens with zero attached hydrogens (tertiary/aromatic N) is 2. The molecule has 1 aliphatic rings. The van der Waals surface area contributed by atoms with E-state index >= 15 is 0 Å². The van der Waals surface area contributed by atoms with Crippen molar-refractivity contribution in [1.82, 2.24) is 9.88 Å². The van der Waals surface area contributed by atoms with Gasteiger partial charge in [-0.25, -0.2) is 8.78 Å². The average molecular weight is 359 g/mol. The van der Waals surface area contributed by atoms with E-state index in [2.05, 4.69) is 10.3 Å². The number of carbonyl (C=O) groups is 2. The van der Waals surface area contributed by atoms with Crippen LogP contribution in [0.5, 0.6) is 0 Å². The van der Waals surface area contributed by atoms with Crippen LogP contribution < -0.4 is 5.32 Å². The Morgan fingerprint density at radius 2 is 1.92 bits per heavy atom. The lowest BCUT2D eigenvalue weighted by Crippen LogP contribution is -2.31.